The number of amides is 1. The molecule has 6 heteroatoms. The number of fused-ring (bicyclic) bond motifs is 1. The van der Waals surface area contributed by atoms with E-state index in [1.54, 1.807) is 13.0 Å². The second-order valence-electron chi connectivity index (χ2n) is 5.52. The maximum absolute atomic E-state index is 12.4. The highest BCUT2D eigenvalue weighted by Gasteiger charge is 2.11. The van der Waals surface area contributed by atoms with E-state index in [1.165, 1.54) is 12.4 Å². The van der Waals surface area contributed by atoms with Gasteiger partial charge in [0.05, 0.1) is 18.5 Å². The quantitative estimate of drug-likeness (QED) is 0.504. The first-order chi connectivity index (χ1) is 12.1. The van der Waals surface area contributed by atoms with Gasteiger partial charge < -0.3 is 10.2 Å². The Kier molecular flexibility index (Phi) is 4.72. The number of rotatable bonds is 4. The van der Waals surface area contributed by atoms with Crippen molar-refractivity contribution in [2.75, 3.05) is 0 Å². The number of nitrogens with one attached hydrogen (secondary N) is 1. The highest BCUT2D eigenvalue weighted by Crippen LogP contribution is 2.22. The van der Waals surface area contributed by atoms with E-state index >= 15 is 0 Å². The van der Waals surface area contributed by atoms with Gasteiger partial charge in [0.25, 0.3) is 5.91 Å². The first kappa shape index (κ1) is 16.6. The van der Waals surface area contributed by atoms with Gasteiger partial charge in [-0.1, -0.05) is 36.4 Å². The summed E-state index contributed by atoms with van der Waals surface area (Å²) < 4.78 is 0. The molecule has 1 amide bonds. The molecule has 0 saturated carbocycles. The Morgan fingerprint density at radius 1 is 1.24 bits per heavy atom. The lowest BCUT2D eigenvalue weighted by molar-refractivity contribution is 0.0957. The molecule has 2 aromatic carbocycles. The molecular weight excluding hydrogens is 318 g/mol. The molecule has 3 N–H and O–H groups in total. The Morgan fingerprint density at radius 2 is 2.00 bits per heavy atom. The summed E-state index contributed by atoms with van der Waals surface area (Å²) in [7, 11) is 0. The number of carbonyl (C=O) groups excluding carboxylic acids is 1. The summed E-state index contributed by atoms with van der Waals surface area (Å²) in [6.45, 7) is 1.35. The van der Waals surface area contributed by atoms with Crippen molar-refractivity contribution in [1.29, 1.82) is 0 Å². The second-order valence-corrected chi connectivity index (χ2v) is 5.52. The van der Waals surface area contributed by atoms with Crippen molar-refractivity contribution in [3.63, 3.8) is 0 Å². The van der Waals surface area contributed by atoms with Crippen LogP contribution in [0.3, 0.4) is 0 Å². The Bertz CT molecular complexity index is 962. The molecule has 0 unspecified atom stereocenters. The molecule has 0 fully saturated rings. The zero-order valence-electron chi connectivity index (χ0n) is 13.6. The first-order valence-corrected chi connectivity index (χ1v) is 7.71. The van der Waals surface area contributed by atoms with Crippen LogP contribution in [-0.2, 0) is 6.61 Å². The van der Waals surface area contributed by atoms with E-state index in [1.807, 2.05) is 36.4 Å². The Morgan fingerprint density at radius 3 is 2.80 bits per heavy atom. The summed E-state index contributed by atoms with van der Waals surface area (Å²) in [6, 6.07) is 13.0. The third-order valence-corrected chi connectivity index (χ3v) is 3.92. The van der Waals surface area contributed by atoms with E-state index in [2.05, 4.69) is 15.5 Å². The largest absolute Gasteiger partial charge is 0.505 e. The predicted octanol–water partition coefficient (Wildman–Crippen LogP) is 2.51. The van der Waals surface area contributed by atoms with Gasteiger partial charge in [-0.25, -0.2) is 5.43 Å². The van der Waals surface area contributed by atoms with Gasteiger partial charge in [0.15, 0.2) is 0 Å². The van der Waals surface area contributed by atoms with Crippen molar-refractivity contribution in [3.8, 4) is 5.75 Å². The van der Waals surface area contributed by atoms with Crippen LogP contribution in [-0.4, -0.2) is 27.3 Å². The van der Waals surface area contributed by atoms with Crippen LogP contribution in [0.2, 0.25) is 0 Å². The molecule has 126 valence electrons. The van der Waals surface area contributed by atoms with Crippen molar-refractivity contribution in [1.82, 2.24) is 10.4 Å². The number of hydrogen-bond acceptors (Lipinski definition) is 5. The van der Waals surface area contributed by atoms with Crippen LogP contribution in [0.15, 0.2) is 53.8 Å². The number of pyridine rings is 1. The highest BCUT2D eigenvalue weighted by atomic mass is 16.3. The Balaban J connectivity index is 1.85. The molecular formula is C19H17N3O3. The third kappa shape index (κ3) is 3.34. The normalized spacial score (nSPS) is 11.1. The molecule has 0 spiro atoms. The molecule has 0 saturated heterocycles. The third-order valence-electron chi connectivity index (χ3n) is 3.92. The number of hydrogen-bond donors (Lipinski definition) is 3. The summed E-state index contributed by atoms with van der Waals surface area (Å²) in [5.74, 6) is -0.432. The predicted molar refractivity (Wildman–Crippen MR) is 95.6 cm³/mol. The summed E-state index contributed by atoms with van der Waals surface area (Å²) in [4.78, 5) is 16.4. The van der Waals surface area contributed by atoms with E-state index < -0.39 is 0 Å². The van der Waals surface area contributed by atoms with Crippen molar-refractivity contribution < 1.29 is 15.0 Å². The van der Waals surface area contributed by atoms with Crippen LogP contribution in [0.5, 0.6) is 5.75 Å². The smallest absolute Gasteiger partial charge is 0.271 e. The van der Waals surface area contributed by atoms with Gasteiger partial charge in [-0.15, -0.1) is 0 Å². The molecule has 0 bridgehead atoms. The van der Waals surface area contributed by atoms with E-state index in [4.69, 9.17) is 0 Å². The number of benzene rings is 2. The first-order valence-electron chi connectivity index (χ1n) is 7.71. The number of aromatic nitrogens is 1. The number of nitrogens with zero attached hydrogens (tertiary/aromatic N) is 2. The highest BCUT2D eigenvalue weighted by molar-refractivity contribution is 6.07. The van der Waals surface area contributed by atoms with E-state index in [9.17, 15) is 15.0 Å². The molecule has 0 aliphatic rings. The van der Waals surface area contributed by atoms with Gasteiger partial charge in [-0.2, -0.15) is 5.10 Å². The molecule has 3 aromatic rings. The molecule has 1 heterocycles. The molecule has 6 nitrogen and oxygen atoms in total. The van der Waals surface area contributed by atoms with Gasteiger partial charge in [0.1, 0.15) is 5.75 Å². The number of aliphatic hydroxyl groups excluding tert-OH is 1. The fourth-order valence-electron chi connectivity index (χ4n) is 2.56. The minimum atomic E-state index is -0.358. The monoisotopic (exact) mass is 335 g/mol. The minimum Gasteiger partial charge on any atom is -0.505 e. The van der Waals surface area contributed by atoms with Crippen LogP contribution in [0, 0.1) is 6.92 Å². The van der Waals surface area contributed by atoms with E-state index in [-0.39, 0.29) is 18.3 Å². The summed E-state index contributed by atoms with van der Waals surface area (Å²) in [5, 5.41) is 25.1. The standard InChI is InChI=1S/C19H17N3O3/c1-12-18(24)17(14(11-23)9-20-12)10-21-22-19(25)16-8-4-6-13-5-2-3-7-15(13)16/h2-10,23-24H,11H2,1H3,(H,22,25)/b21-10+. The van der Waals surface area contributed by atoms with Crippen molar-refractivity contribution in [2.45, 2.75) is 13.5 Å². The Hall–Kier alpha value is -3.25. The molecule has 0 radical (unpaired) electrons. The van der Waals surface area contributed by atoms with Crippen LogP contribution < -0.4 is 5.43 Å². The summed E-state index contributed by atoms with van der Waals surface area (Å²) in [5.41, 5.74) is 4.13. The second kappa shape index (κ2) is 7.11. The maximum Gasteiger partial charge on any atom is 0.271 e. The summed E-state index contributed by atoms with van der Waals surface area (Å²) >= 11 is 0. The van der Waals surface area contributed by atoms with E-state index in [0.29, 0.717) is 22.4 Å². The lowest BCUT2D eigenvalue weighted by atomic mass is 10.0. The van der Waals surface area contributed by atoms with Crippen LogP contribution in [0.25, 0.3) is 10.8 Å². The number of aryl methyl sites for hydroxylation is 1. The maximum atomic E-state index is 12.4. The Labute approximate surface area is 144 Å². The average Bonchev–Trinajstić information content (AvgIpc) is 2.64. The zero-order chi connectivity index (χ0) is 17.8. The van der Waals surface area contributed by atoms with Crippen LogP contribution in [0.4, 0.5) is 0 Å². The van der Waals surface area contributed by atoms with Crippen LogP contribution >= 0.6 is 0 Å². The van der Waals surface area contributed by atoms with Crippen molar-refractivity contribution in [2.24, 2.45) is 5.10 Å². The zero-order valence-corrected chi connectivity index (χ0v) is 13.6. The number of aromatic hydroxyl groups is 1. The number of aliphatic hydroxyl groups is 1. The van der Waals surface area contributed by atoms with Crippen LogP contribution in [0.1, 0.15) is 27.2 Å². The summed E-state index contributed by atoms with van der Waals surface area (Å²) in [6.07, 6.45) is 2.77. The topological polar surface area (TPSA) is 94.8 Å². The molecule has 0 aliphatic carbocycles. The van der Waals surface area contributed by atoms with E-state index in [0.717, 1.165) is 10.8 Å². The van der Waals surface area contributed by atoms with Gasteiger partial charge in [0.2, 0.25) is 0 Å². The molecule has 1 aromatic heterocycles. The molecule has 25 heavy (non-hydrogen) atoms. The van der Waals surface area contributed by atoms with Gasteiger partial charge in [0, 0.05) is 22.9 Å². The fourth-order valence-corrected chi connectivity index (χ4v) is 2.56. The SMILES string of the molecule is Cc1ncc(CO)c(/C=N/NC(=O)c2cccc3ccccc23)c1O. The van der Waals surface area contributed by atoms with Gasteiger partial charge in [-0.05, 0) is 23.8 Å². The average molecular weight is 335 g/mol. The fraction of sp³-hybridized carbons (Fsp3) is 0.105. The molecule has 0 atom stereocenters. The number of carbonyl (C=O) groups is 1. The molecule has 0 aliphatic heterocycles. The van der Waals surface area contributed by atoms with Gasteiger partial charge in [-0.3, -0.25) is 9.78 Å². The lowest BCUT2D eigenvalue weighted by Crippen LogP contribution is -2.18. The number of hydrazone groups is 1. The minimum absolute atomic E-state index is 0.0743. The van der Waals surface area contributed by atoms with Gasteiger partial charge >= 0.3 is 0 Å². The van der Waals surface area contributed by atoms with Crippen molar-refractivity contribution in [3.05, 3.63) is 71.0 Å². The van der Waals surface area contributed by atoms with Crippen molar-refractivity contribution >= 4 is 22.9 Å². The lowest BCUT2D eigenvalue weighted by Gasteiger charge is -2.07. The molecule has 3 rings (SSSR count).